The summed E-state index contributed by atoms with van der Waals surface area (Å²) < 4.78 is 2.00. The molecule has 2 N–H and O–H groups in total. The number of benzene rings is 1. The fourth-order valence-electron chi connectivity index (χ4n) is 3.10. The van der Waals surface area contributed by atoms with Gasteiger partial charge in [-0.25, -0.2) is 4.68 Å². The Kier molecular flexibility index (Phi) is 3.22. The van der Waals surface area contributed by atoms with Gasteiger partial charge in [-0.2, -0.15) is 5.10 Å². The summed E-state index contributed by atoms with van der Waals surface area (Å²) in [6.45, 7) is 4.56. The molecule has 1 aliphatic carbocycles. The van der Waals surface area contributed by atoms with Gasteiger partial charge >= 0.3 is 0 Å². The van der Waals surface area contributed by atoms with Crippen molar-refractivity contribution >= 4 is 5.57 Å². The highest BCUT2D eigenvalue weighted by Gasteiger charge is 2.28. The molecule has 0 bridgehead atoms. The average molecular weight is 267 g/mol. The number of rotatable bonds is 2. The Balaban J connectivity index is 2.02. The van der Waals surface area contributed by atoms with Gasteiger partial charge in [-0.1, -0.05) is 38.1 Å². The Labute approximate surface area is 120 Å². The van der Waals surface area contributed by atoms with E-state index in [4.69, 9.17) is 5.73 Å². The topological polar surface area (TPSA) is 43.8 Å². The van der Waals surface area contributed by atoms with Crippen LogP contribution in [-0.2, 0) is 0 Å². The predicted octanol–water partition coefficient (Wildman–Crippen LogP) is 3.40. The lowest BCUT2D eigenvalue weighted by molar-refractivity contribution is 0.318. The number of allylic oxidation sites excluding steroid dienone is 1. The third kappa shape index (κ3) is 2.54. The number of hydrogen-bond donors (Lipinski definition) is 1. The van der Waals surface area contributed by atoms with Crippen LogP contribution in [0.2, 0.25) is 0 Å². The Morgan fingerprint density at radius 2 is 1.95 bits per heavy atom. The largest absolute Gasteiger partial charge is 0.324 e. The molecular formula is C17H21N3. The Bertz CT molecular complexity index is 623. The van der Waals surface area contributed by atoms with Gasteiger partial charge in [0.15, 0.2) is 0 Å². The summed E-state index contributed by atoms with van der Waals surface area (Å²) in [5.41, 5.74) is 9.98. The standard InChI is InChI=1S/C17H21N3/c1-17(2)11-13(10-14(18)12-17)16-8-9-19-20(16)15-6-4-3-5-7-15/h3-10,14H,11-12,18H2,1-2H3. The molecule has 3 rings (SSSR count). The van der Waals surface area contributed by atoms with Crippen LogP contribution in [0, 0.1) is 5.41 Å². The first-order chi connectivity index (χ1) is 9.55. The number of hydrogen-bond acceptors (Lipinski definition) is 2. The van der Waals surface area contributed by atoms with Gasteiger partial charge in [0.25, 0.3) is 0 Å². The lowest BCUT2D eigenvalue weighted by Gasteiger charge is -2.33. The first-order valence-electron chi connectivity index (χ1n) is 7.11. The van der Waals surface area contributed by atoms with E-state index in [-0.39, 0.29) is 11.5 Å². The fraction of sp³-hybridized carbons (Fsp3) is 0.353. The van der Waals surface area contributed by atoms with Crippen molar-refractivity contribution < 1.29 is 0 Å². The summed E-state index contributed by atoms with van der Waals surface area (Å²) in [6.07, 6.45) is 6.13. The third-order valence-corrected chi connectivity index (χ3v) is 3.85. The van der Waals surface area contributed by atoms with Crippen LogP contribution in [0.1, 0.15) is 32.4 Å². The lowest BCUT2D eigenvalue weighted by Crippen LogP contribution is -2.31. The molecule has 1 atom stereocenters. The summed E-state index contributed by atoms with van der Waals surface area (Å²) in [7, 11) is 0. The zero-order chi connectivity index (χ0) is 14.2. The normalized spacial score (nSPS) is 21.6. The van der Waals surface area contributed by atoms with Crippen molar-refractivity contribution in [2.75, 3.05) is 0 Å². The van der Waals surface area contributed by atoms with Gasteiger partial charge in [0.1, 0.15) is 0 Å². The maximum absolute atomic E-state index is 6.19. The zero-order valence-electron chi connectivity index (χ0n) is 12.1. The fourth-order valence-corrected chi connectivity index (χ4v) is 3.10. The molecule has 0 fully saturated rings. The summed E-state index contributed by atoms with van der Waals surface area (Å²) >= 11 is 0. The van der Waals surface area contributed by atoms with Gasteiger partial charge in [-0.3, -0.25) is 0 Å². The highest BCUT2D eigenvalue weighted by molar-refractivity contribution is 5.66. The van der Waals surface area contributed by atoms with Crippen molar-refractivity contribution in [2.24, 2.45) is 11.1 Å². The second kappa shape index (κ2) is 4.91. The summed E-state index contributed by atoms with van der Waals surface area (Å²) in [4.78, 5) is 0. The minimum absolute atomic E-state index is 0.132. The van der Waals surface area contributed by atoms with Crippen LogP contribution in [0.15, 0.2) is 48.7 Å². The molecule has 0 spiro atoms. The minimum Gasteiger partial charge on any atom is -0.324 e. The molecular weight excluding hydrogens is 246 g/mol. The van der Waals surface area contributed by atoms with Crippen molar-refractivity contribution in [2.45, 2.75) is 32.7 Å². The van der Waals surface area contributed by atoms with E-state index in [1.54, 1.807) is 0 Å². The van der Waals surface area contributed by atoms with Crippen molar-refractivity contribution in [1.82, 2.24) is 9.78 Å². The van der Waals surface area contributed by atoms with Crippen LogP contribution in [0.4, 0.5) is 0 Å². The molecule has 1 aliphatic rings. The van der Waals surface area contributed by atoms with Gasteiger partial charge in [-0.05, 0) is 42.0 Å². The first-order valence-corrected chi connectivity index (χ1v) is 7.11. The van der Waals surface area contributed by atoms with Crippen LogP contribution >= 0.6 is 0 Å². The predicted molar refractivity (Wildman–Crippen MR) is 82.5 cm³/mol. The monoisotopic (exact) mass is 267 g/mol. The van der Waals surface area contributed by atoms with Crippen molar-refractivity contribution in [3.8, 4) is 5.69 Å². The molecule has 2 aromatic rings. The summed E-state index contributed by atoms with van der Waals surface area (Å²) in [5, 5.41) is 4.47. The minimum atomic E-state index is 0.132. The van der Waals surface area contributed by atoms with Crippen molar-refractivity contribution in [3.05, 3.63) is 54.4 Å². The second-order valence-corrected chi connectivity index (χ2v) is 6.36. The van der Waals surface area contributed by atoms with Crippen LogP contribution in [0.25, 0.3) is 11.3 Å². The van der Waals surface area contributed by atoms with Gasteiger partial charge in [0, 0.05) is 6.04 Å². The molecule has 0 saturated heterocycles. The summed E-state index contributed by atoms with van der Waals surface area (Å²) in [5.74, 6) is 0. The Morgan fingerprint density at radius 3 is 2.65 bits per heavy atom. The van der Waals surface area contributed by atoms with Crippen LogP contribution in [0.3, 0.4) is 0 Å². The number of para-hydroxylation sites is 1. The van der Waals surface area contributed by atoms with Gasteiger partial charge in [0.2, 0.25) is 0 Å². The molecule has 0 radical (unpaired) electrons. The smallest absolute Gasteiger partial charge is 0.0698 e. The highest BCUT2D eigenvalue weighted by Crippen LogP contribution is 2.39. The third-order valence-electron chi connectivity index (χ3n) is 3.85. The molecule has 0 aliphatic heterocycles. The number of nitrogens with two attached hydrogens (primary N) is 1. The van der Waals surface area contributed by atoms with E-state index in [2.05, 4.69) is 43.2 Å². The van der Waals surface area contributed by atoms with Gasteiger partial charge in [-0.15, -0.1) is 0 Å². The van der Waals surface area contributed by atoms with E-state index >= 15 is 0 Å². The molecule has 1 unspecified atom stereocenters. The summed E-state index contributed by atoms with van der Waals surface area (Å²) in [6, 6.07) is 12.4. The maximum Gasteiger partial charge on any atom is 0.0698 e. The maximum atomic E-state index is 6.19. The zero-order valence-corrected chi connectivity index (χ0v) is 12.1. The lowest BCUT2D eigenvalue weighted by atomic mass is 9.75. The number of nitrogens with zero attached hydrogens (tertiary/aromatic N) is 2. The van der Waals surface area contributed by atoms with Gasteiger partial charge < -0.3 is 5.73 Å². The highest BCUT2D eigenvalue weighted by atomic mass is 15.3. The quantitative estimate of drug-likeness (QED) is 0.906. The molecule has 104 valence electrons. The van der Waals surface area contributed by atoms with Crippen LogP contribution < -0.4 is 5.73 Å². The van der Waals surface area contributed by atoms with Crippen LogP contribution in [0.5, 0.6) is 0 Å². The SMILES string of the molecule is CC1(C)CC(c2ccnn2-c2ccccc2)=CC(N)C1. The van der Waals surface area contributed by atoms with Crippen molar-refractivity contribution in [1.29, 1.82) is 0 Å². The first kappa shape index (κ1) is 13.1. The van der Waals surface area contributed by atoms with E-state index in [0.717, 1.165) is 24.2 Å². The molecule has 1 aromatic heterocycles. The van der Waals surface area contributed by atoms with Crippen LogP contribution in [-0.4, -0.2) is 15.8 Å². The Morgan fingerprint density at radius 1 is 1.20 bits per heavy atom. The van der Waals surface area contributed by atoms with E-state index < -0.39 is 0 Å². The van der Waals surface area contributed by atoms with Crippen molar-refractivity contribution in [3.63, 3.8) is 0 Å². The molecule has 20 heavy (non-hydrogen) atoms. The van der Waals surface area contributed by atoms with E-state index in [1.807, 2.05) is 29.1 Å². The molecule has 0 saturated carbocycles. The molecule has 1 aromatic carbocycles. The second-order valence-electron chi connectivity index (χ2n) is 6.36. The van der Waals surface area contributed by atoms with E-state index in [1.165, 1.54) is 5.57 Å². The van der Waals surface area contributed by atoms with Gasteiger partial charge in [0.05, 0.1) is 17.6 Å². The molecule has 0 amide bonds. The van der Waals surface area contributed by atoms with E-state index in [0.29, 0.717) is 0 Å². The Hall–Kier alpha value is -1.87. The number of aromatic nitrogens is 2. The molecule has 3 nitrogen and oxygen atoms in total. The van der Waals surface area contributed by atoms with E-state index in [9.17, 15) is 0 Å². The average Bonchev–Trinajstić information content (AvgIpc) is 2.86. The molecule has 3 heteroatoms. The molecule has 1 heterocycles.